The summed E-state index contributed by atoms with van der Waals surface area (Å²) in [6, 6.07) is 62.9. The fourth-order valence-corrected chi connectivity index (χ4v) is 7.73. The summed E-state index contributed by atoms with van der Waals surface area (Å²) >= 11 is 0. The Bertz CT molecular complexity index is 1550. The second kappa shape index (κ2) is 9.87. The summed E-state index contributed by atoms with van der Waals surface area (Å²) in [5.41, 5.74) is 3.33. The van der Waals surface area contributed by atoms with Gasteiger partial charge in [-0.3, -0.25) is 4.79 Å². The topological polar surface area (TPSA) is 17.1 Å². The zero-order valence-corrected chi connectivity index (χ0v) is 22.7. The number of ketones is 1. The molecule has 0 aromatic heterocycles. The Hall–Kier alpha value is -5.01. The predicted molar refractivity (Wildman–Crippen MR) is 166 cm³/mol. The molecule has 1 heteroatoms. The van der Waals surface area contributed by atoms with Crippen LogP contribution in [0.25, 0.3) is 0 Å². The van der Waals surface area contributed by atoms with Gasteiger partial charge in [-0.1, -0.05) is 182 Å². The number of carbonyl (C=O) groups excluding carboxylic acids is 1. The predicted octanol–water partition coefficient (Wildman–Crippen LogP) is 8.53. The van der Waals surface area contributed by atoms with Crippen molar-refractivity contribution < 1.29 is 4.79 Å². The summed E-state index contributed by atoms with van der Waals surface area (Å²) in [5, 5.41) is 0. The van der Waals surface area contributed by atoms with E-state index in [1.54, 1.807) is 0 Å². The van der Waals surface area contributed by atoms with Gasteiger partial charge in [0.2, 0.25) is 0 Å². The van der Waals surface area contributed by atoms with Crippen molar-refractivity contribution in [3.05, 3.63) is 215 Å². The molecule has 0 unspecified atom stereocenters. The molecule has 1 saturated carbocycles. The second-order valence-corrected chi connectivity index (χ2v) is 10.8. The molecule has 0 saturated heterocycles. The lowest BCUT2D eigenvalue weighted by Gasteiger charge is -2.70. The van der Waals surface area contributed by atoms with Gasteiger partial charge in [-0.05, 0) is 33.4 Å². The standard InChI is InChI=1S/C40H30O/c41-37-38(31-19-7-1-8-20-31,32-21-9-2-10-22-32)40(35-27-15-5-16-28-35,36-29-17-6-18-30-36)39(37,33-23-11-3-12-24-33)34-25-13-4-14-26-34/h1-30H. The molecule has 41 heavy (non-hydrogen) atoms. The van der Waals surface area contributed by atoms with Crippen molar-refractivity contribution in [1.29, 1.82) is 0 Å². The first-order chi connectivity index (χ1) is 20.3. The molecular weight excluding hydrogens is 496 g/mol. The van der Waals surface area contributed by atoms with Gasteiger partial charge in [0.15, 0.2) is 5.78 Å². The number of benzene rings is 6. The van der Waals surface area contributed by atoms with Crippen LogP contribution in [0.4, 0.5) is 0 Å². The smallest absolute Gasteiger partial charge is 0.165 e. The summed E-state index contributed by atoms with van der Waals surface area (Å²) in [6.45, 7) is 0. The largest absolute Gasteiger partial charge is 0.297 e. The molecule has 1 aliphatic carbocycles. The summed E-state index contributed by atoms with van der Waals surface area (Å²) in [6.07, 6.45) is 0. The lowest BCUT2D eigenvalue weighted by Crippen LogP contribution is -2.81. The van der Waals surface area contributed by atoms with Crippen molar-refractivity contribution in [3.63, 3.8) is 0 Å². The Labute approximate surface area is 241 Å². The summed E-state index contributed by atoms with van der Waals surface area (Å²) < 4.78 is 0. The lowest BCUT2D eigenvalue weighted by atomic mass is 9.27. The first-order valence-corrected chi connectivity index (χ1v) is 14.2. The molecule has 0 N–H and O–H groups in total. The number of Topliss-reactive ketones (excluding diaryl/α,β-unsaturated/α-hetero) is 1. The van der Waals surface area contributed by atoms with Crippen LogP contribution in [0.15, 0.2) is 182 Å². The van der Waals surface area contributed by atoms with Crippen LogP contribution in [0.5, 0.6) is 0 Å². The average molecular weight is 527 g/mol. The molecule has 6 aromatic rings. The van der Waals surface area contributed by atoms with E-state index in [9.17, 15) is 0 Å². The van der Waals surface area contributed by atoms with E-state index in [0.717, 1.165) is 33.4 Å². The molecule has 0 radical (unpaired) electrons. The Kier molecular flexibility index (Phi) is 6.02. The summed E-state index contributed by atoms with van der Waals surface area (Å²) in [4.78, 5) is 16.0. The third-order valence-corrected chi connectivity index (χ3v) is 9.05. The summed E-state index contributed by atoms with van der Waals surface area (Å²) in [5.74, 6) is 0.174. The average Bonchev–Trinajstić information content (AvgIpc) is 3.06. The number of hydrogen-bond acceptors (Lipinski definition) is 1. The third-order valence-electron chi connectivity index (χ3n) is 9.05. The molecule has 0 amide bonds. The van der Waals surface area contributed by atoms with Crippen LogP contribution in [0.1, 0.15) is 33.4 Å². The van der Waals surface area contributed by atoms with Crippen LogP contribution >= 0.6 is 0 Å². The normalized spacial score (nSPS) is 16.4. The van der Waals surface area contributed by atoms with Crippen LogP contribution in [-0.4, -0.2) is 5.78 Å². The minimum absolute atomic E-state index is 0.174. The van der Waals surface area contributed by atoms with E-state index < -0.39 is 16.2 Å². The number of hydrogen-bond donors (Lipinski definition) is 0. The number of carbonyl (C=O) groups is 1. The van der Waals surface area contributed by atoms with Crippen molar-refractivity contribution in [2.75, 3.05) is 0 Å². The SMILES string of the molecule is O=C1C(c2ccccc2)(c2ccccc2)C(c2ccccc2)(c2ccccc2)C1(c1ccccc1)c1ccccc1. The number of rotatable bonds is 6. The lowest BCUT2D eigenvalue weighted by molar-refractivity contribution is -0.146. The molecule has 0 aliphatic heterocycles. The summed E-state index contributed by atoms with van der Waals surface area (Å²) in [7, 11) is 0. The van der Waals surface area contributed by atoms with E-state index in [-0.39, 0.29) is 5.78 Å². The molecule has 6 aromatic carbocycles. The van der Waals surface area contributed by atoms with E-state index in [4.69, 9.17) is 0 Å². The molecule has 0 atom stereocenters. The van der Waals surface area contributed by atoms with Gasteiger partial charge < -0.3 is 0 Å². The van der Waals surface area contributed by atoms with Crippen LogP contribution in [0.2, 0.25) is 0 Å². The van der Waals surface area contributed by atoms with Crippen LogP contribution in [0.3, 0.4) is 0 Å². The highest BCUT2D eigenvalue weighted by molar-refractivity contribution is 6.16. The van der Waals surface area contributed by atoms with Crippen molar-refractivity contribution in [2.45, 2.75) is 16.2 Å². The van der Waals surface area contributed by atoms with Crippen LogP contribution in [-0.2, 0) is 21.0 Å². The second-order valence-electron chi connectivity index (χ2n) is 10.8. The van der Waals surface area contributed by atoms with Gasteiger partial charge in [0.25, 0.3) is 0 Å². The van der Waals surface area contributed by atoms with Crippen LogP contribution in [0, 0.1) is 0 Å². The monoisotopic (exact) mass is 526 g/mol. The van der Waals surface area contributed by atoms with E-state index >= 15 is 4.79 Å². The van der Waals surface area contributed by atoms with Gasteiger partial charge in [-0.15, -0.1) is 0 Å². The maximum Gasteiger partial charge on any atom is 0.165 e. The third kappa shape index (κ3) is 3.21. The van der Waals surface area contributed by atoms with E-state index in [2.05, 4.69) is 158 Å². The minimum Gasteiger partial charge on any atom is -0.297 e. The van der Waals surface area contributed by atoms with Gasteiger partial charge in [0, 0.05) is 0 Å². The van der Waals surface area contributed by atoms with Gasteiger partial charge in [0.05, 0.1) is 16.2 Å². The molecule has 1 fully saturated rings. The highest BCUT2D eigenvalue weighted by Crippen LogP contribution is 2.74. The Balaban J connectivity index is 1.77. The van der Waals surface area contributed by atoms with Crippen molar-refractivity contribution in [2.24, 2.45) is 0 Å². The van der Waals surface area contributed by atoms with E-state index in [0.29, 0.717) is 0 Å². The molecule has 1 aliphatic rings. The molecule has 1 nitrogen and oxygen atoms in total. The maximum atomic E-state index is 16.0. The molecular formula is C40H30O. The van der Waals surface area contributed by atoms with E-state index in [1.807, 2.05) is 24.3 Å². The van der Waals surface area contributed by atoms with Gasteiger partial charge in [-0.2, -0.15) is 0 Å². The Morgan fingerprint density at radius 1 is 0.268 bits per heavy atom. The Morgan fingerprint density at radius 3 is 0.683 bits per heavy atom. The fourth-order valence-electron chi connectivity index (χ4n) is 7.73. The molecule has 196 valence electrons. The minimum atomic E-state index is -1.01. The first kappa shape index (κ1) is 25.0. The van der Waals surface area contributed by atoms with E-state index in [1.165, 1.54) is 0 Å². The van der Waals surface area contributed by atoms with Gasteiger partial charge in [-0.25, -0.2) is 0 Å². The zero-order chi connectivity index (χ0) is 27.8. The highest BCUT2D eigenvalue weighted by Gasteiger charge is 2.83. The quantitative estimate of drug-likeness (QED) is 0.213. The first-order valence-electron chi connectivity index (χ1n) is 14.2. The van der Waals surface area contributed by atoms with Crippen molar-refractivity contribution >= 4 is 5.78 Å². The van der Waals surface area contributed by atoms with Crippen LogP contribution < -0.4 is 0 Å². The fraction of sp³-hybridized carbons (Fsp3) is 0.0750. The molecule has 7 rings (SSSR count). The highest BCUT2D eigenvalue weighted by atomic mass is 16.1. The van der Waals surface area contributed by atoms with Crippen molar-refractivity contribution in [1.82, 2.24) is 0 Å². The van der Waals surface area contributed by atoms with Crippen molar-refractivity contribution in [3.8, 4) is 0 Å². The molecule has 0 spiro atoms. The molecule has 0 bridgehead atoms. The maximum absolute atomic E-state index is 16.0. The molecule has 0 heterocycles. The Morgan fingerprint density at radius 2 is 0.463 bits per heavy atom. The van der Waals surface area contributed by atoms with Gasteiger partial charge in [0.1, 0.15) is 0 Å². The zero-order valence-electron chi connectivity index (χ0n) is 22.7. The van der Waals surface area contributed by atoms with Gasteiger partial charge >= 0.3 is 0 Å².